The molecule has 1 fully saturated rings. The first kappa shape index (κ1) is 18.2. The lowest BCUT2D eigenvalue weighted by atomic mass is 9.96. The van der Waals surface area contributed by atoms with E-state index in [2.05, 4.69) is 10.3 Å². The highest BCUT2D eigenvalue weighted by Gasteiger charge is 2.53. The second kappa shape index (κ2) is 6.96. The maximum atomic E-state index is 12.3. The van der Waals surface area contributed by atoms with Gasteiger partial charge in [0.05, 0.1) is 6.61 Å². The zero-order valence-electron chi connectivity index (χ0n) is 13.9. The van der Waals surface area contributed by atoms with E-state index in [1.165, 1.54) is 19.2 Å². The number of amides is 1. The molecule has 0 spiro atoms. The lowest BCUT2D eigenvalue weighted by Gasteiger charge is -2.27. The first-order valence-electron chi connectivity index (χ1n) is 7.97. The molecule has 1 saturated heterocycles. The van der Waals surface area contributed by atoms with Crippen LogP contribution in [0.2, 0.25) is 0 Å². The van der Waals surface area contributed by atoms with Gasteiger partial charge in [-0.25, -0.2) is 4.79 Å². The highest BCUT2D eigenvalue weighted by molar-refractivity contribution is 6.03. The van der Waals surface area contributed by atoms with Gasteiger partial charge < -0.3 is 25.4 Å². The van der Waals surface area contributed by atoms with Gasteiger partial charge in [-0.3, -0.25) is 9.36 Å². The van der Waals surface area contributed by atoms with E-state index in [1.54, 1.807) is 30.3 Å². The summed E-state index contributed by atoms with van der Waals surface area (Å²) in [6, 6.07) is 9.82. The number of aliphatic hydroxyl groups excluding tert-OH is 2. The van der Waals surface area contributed by atoms with Gasteiger partial charge in [-0.1, -0.05) is 18.2 Å². The number of aliphatic hydroxyl groups is 3. The van der Waals surface area contributed by atoms with Crippen LogP contribution in [0.5, 0.6) is 0 Å². The second-order valence-corrected chi connectivity index (χ2v) is 6.20. The number of rotatable bonds is 4. The fraction of sp³-hybridized carbons (Fsp3) is 0.353. The molecule has 0 radical (unpaired) electrons. The van der Waals surface area contributed by atoms with Crippen LogP contribution in [0.4, 0.5) is 5.82 Å². The highest BCUT2D eigenvalue weighted by Crippen LogP contribution is 2.37. The summed E-state index contributed by atoms with van der Waals surface area (Å²) in [5.41, 5.74) is -2.17. The Labute approximate surface area is 148 Å². The molecule has 9 nitrogen and oxygen atoms in total. The predicted octanol–water partition coefficient (Wildman–Crippen LogP) is -0.503. The molecule has 1 aromatic heterocycles. The van der Waals surface area contributed by atoms with Crippen LogP contribution in [0.3, 0.4) is 0 Å². The van der Waals surface area contributed by atoms with Crippen molar-refractivity contribution in [2.24, 2.45) is 0 Å². The molecular weight excluding hydrogens is 342 g/mol. The fourth-order valence-corrected chi connectivity index (χ4v) is 2.83. The van der Waals surface area contributed by atoms with Gasteiger partial charge in [0.1, 0.15) is 23.6 Å². The standard InChI is InChI=1S/C17H19N3O6/c1-17(25)13(22)11(9-21)26-15(17)20-8-7-12(19-16(20)24)18-14(23)10-5-3-2-4-6-10/h2-8,11,13,15,21-22,25H,9H2,1H3,(H,18,19,23,24)/t11?,13?,15?,17-/m0/s1. The largest absolute Gasteiger partial charge is 0.394 e. The van der Waals surface area contributed by atoms with Gasteiger partial charge >= 0.3 is 5.69 Å². The number of ether oxygens (including phenoxy) is 1. The van der Waals surface area contributed by atoms with Crippen LogP contribution in [-0.2, 0) is 4.74 Å². The minimum absolute atomic E-state index is 0.0389. The number of nitrogens with one attached hydrogen (secondary N) is 1. The Morgan fingerprint density at radius 2 is 2.04 bits per heavy atom. The van der Waals surface area contributed by atoms with E-state index in [0.29, 0.717) is 5.56 Å². The molecule has 4 N–H and O–H groups in total. The van der Waals surface area contributed by atoms with Crippen molar-refractivity contribution >= 4 is 11.7 Å². The summed E-state index contributed by atoms with van der Waals surface area (Å²) in [5.74, 6) is -0.382. The Morgan fingerprint density at radius 1 is 1.35 bits per heavy atom. The number of carbonyl (C=O) groups is 1. The predicted molar refractivity (Wildman–Crippen MR) is 90.5 cm³/mol. The van der Waals surface area contributed by atoms with Crippen LogP contribution in [0.15, 0.2) is 47.4 Å². The number of anilines is 1. The normalized spacial score (nSPS) is 28.1. The number of hydrogen-bond donors (Lipinski definition) is 4. The Balaban J connectivity index is 1.82. The summed E-state index contributed by atoms with van der Waals surface area (Å²) in [6.45, 7) is 0.788. The highest BCUT2D eigenvalue weighted by atomic mass is 16.6. The Bertz CT molecular complexity index is 851. The first-order chi connectivity index (χ1) is 12.3. The molecule has 4 atom stereocenters. The van der Waals surface area contributed by atoms with Crippen LogP contribution in [0.25, 0.3) is 0 Å². The van der Waals surface area contributed by atoms with E-state index in [4.69, 9.17) is 4.74 Å². The molecule has 1 aliphatic heterocycles. The Kier molecular flexibility index (Phi) is 4.88. The van der Waals surface area contributed by atoms with Crippen LogP contribution < -0.4 is 11.0 Å². The lowest BCUT2D eigenvalue weighted by Crippen LogP contribution is -2.46. The minimum atomic E-state index is -1.80. The van der Waals surface area contributed by atoms with Crippen LogP contribution in [0.1, 0.15) is 23.5 Å². The second-order valence-electron chi connectivity index (χ2n) is 6.20. The third-order valence-electron chi connectivity index (χ3n) is 4.29. The molecule has 138 valence electrons. The van der Waals surface area contributed by atoms with E-state index >= 15 is 0 Å². The molecule has 1 aliphatic rings. The van der Waals surface area contributed by atoms with Crippen molar-refractivity contribution in [3.05, 3.63) is 58.6 Å². The molecule has 3 rings (SSSR count). The summed E-state index contributed by atoms with van der Waals surface area (Å²) in [6.07, 6.45) is -2.34. The smallest absolute Gasteiger partial charge is 0.351 e. The van der Waals surface area contributed by atoms with E-state index in [1.807, 2.05) is 0 Å². The first-order valence-corrected chi connectivity index (χ1v) is 7.97. The topological polar surface area (TPSA) is 134 Å². The third-order valence-corrected chi connectivity index (χ3v) is 4.29. The van der Waals surface area contributed by atoms with E-state index in [9.17, 15) is 24.9 Å². The van der Waals surface area contributed by atoms with Gasteiger partial charge in [0, 0.05) is 11.8 Å². The van der Waals surface area contributed by atoms with Gasteiger partial charge in [0.15, 0.2) is 6.23 Å². The molecule has 0 aliphatic carbocycles. The number of benzene rings is 1. The molecule has 1 amide bonds. The molecule has 9 heteroatoms. The van der Waals surface area contributed by atoms with Crippen molar-refractivity contribution in [1.29, 1.82) is 0 Å². The van der Waals surface area contributed by atoms with Crippen molar-refractivity contribution < 1.29 is 24.9 Å². The van der Waals surface area contributed by atoms with Crippen LogP contribution in [-0.4, -0.2) is 55.2 Å². The molecule has 2 aromatic rings. The minimum Gasteiger partial charge on any atom is -0.394 e. The van der Waals surface area contributed by atoms with Crippen molar-refractivity contribution in [3.63, 3.8) is 0 Å². The zero-order valence-corrected chi connectivity index (χ0v) is 13.9. The quantitative estimate of drug-likeness (QED) is 0.577. The van der Waals surface area contributed by atoms with Crippen molar-refractivity contribution in [1.82, 2.24) is 9.55 Å². The molecule has 2 heterocycles. The van der Waals surface area contributed by atoms with Crippen LogP contribution >= 0.6 is 0 Å². The summed E-state index contributed by atoms with van der Waals surface area (Å²) in [5, 5.41) is 32.2. The maximum absolute atomic E-state index is 12.3. The third kappa shape index (κ3) is 3.25. The molecule has 1 aromatic carbocycles. The summed E-state index contributed by atoms with van der Waals surface area (Å²) < 4.78 is 6.38. The van der Waals surface area contributed by atoms with Gasteiger partial charge in [-0.2, -0.15) is 4.98 Å². The summed E-state index contributed by atoms with van der Waals surface area (Å²) >= 11 is 0. The summed E-state index contributed by atoms with van der Waals surface area (Å²) in [4.78, 5) is 28.2. The van der Waals surface area contributed by atoms with Crippen molar-refractivity contribution in [3.8, 4) is 0 Å². The molecule has 0 bridgehead atoms. The number of carbonyl (C=O) groups excluding carboxylic acids is 1. The van der Waals surface area contributed by atoms with Gasteiger partial charge in [0.25, 0.3) is 5.91 Å². The van der Waals surface area contributed by atoms with Gasteiger partial charge in [-0.05, 0) is 25.1 Å². The lowest BCUT2D eigenvalue weighted by molar-refractivity contribution is -0.0986. The van der Waals surface area contributed by atoms with E-state index < -0.39 is 42.2 Å². The number of aromatic nitrogens is 2. The SMILES string of the molecule is C[C@]1(O)C(O)C(CO)OC1n1ccc(NC(=O)c2ccccc2)nc1=O. The zero-order chi connectivity index (χ0) is 18.9. The maximum Gasteiger partial charge on any atom is 0.351 e. The van der Waals surface area contributed by atoms with Crippen molar-refractivity contribution in [2.45, 2.75) is 31.0 Å². The summed E-state index contributed by atoms with van der Waals surface area (Å²) in [7, 11) is 0. The Morgan fingerprint density at radius 3 is 2.62 bits per heavy atom. The number of nitrogens with zero attached hydrogens (tertiary/aromatic N) is 2. The Hall–Kier alpha value is -2.59. The average molecular weight is 361 g/mol. The average Bonchev–Trinajstić information content (AvgIpc) is 2.85. The van der Waals surface area contributed by atoms with Gasteiger partial charge in [-0.15, -0.1) is 0 Å². The number of hydrogen-bond acceptors (Lipinski definition) is 7. The van der Waals surface area contributed by atoms with Crippen molar-refractivity contribution in [2.75, 3.05) is 11.9 Å². The van der Waals surface area contributed by atoms with Crippen LogP contribution in [0, 0.1) is 0 Å². The molecular formula is C17H19N3O6. The molecule has 26 heavy (non-hydrogen) atoms. The van der Waals surface area contributed by atoms with E-state index in [0.717, 1.165) is 4.57 Å². The van der Waals surface area contributed by atoms with E-state index in [-0.39, 0.29) is 5.82 Å². The monoisotopic (exact) mass is 361 g/mol. The molecule has 0 saturated carbocycles. The van der Waals surface area contributed by atoms with Gasteiger partial charge in [0.2, 0.25) is 0 Å². The fourth-order valence-electron chi connectivity index (χ4n) is 2.83. The molecule has 3 unspecified atom stereocenters.